The van der Waals surface area contributed by atoms with Crippen LogP contribution in [0, 0.1) is 11.2 Å². The van der Waals surface area contributed by atoms with Crippen LogP contribution in [0.3, 0.4) is 0 Å². The van der Waals surface area contributed by atoms with Gasteiger partial charge in [-0.3, -0.25) is 9.59 Å². The maximum absolute atomic E-state index is 13.0. The van der Waals surface area contributed by atoms with E-state index in [9.17, 15) is 14.0 Å². The van der Waals surface area contributed by atoms with Crippen LogP contribution in [0.4, 0.5) is 10.1 Å². The molecule has 1 aromatic heterocycles. The topological polar surface area (TPSA) is 134 Å². The van der Waals surface area contributed by atoms with E-state index in [1.54, 1.807) is 18.2 Å². The number of nitrogens with one attached hydrogen (secondary N) is 3. The van der Waals surface area contributed by atoms with Crippen molar-refractivity contribution in [2.45, 2.75) is 6.54 Å². The molecule has 5 N–H and O–H groups in total. The number of allylic oxidation sites excluding steroid dienone is 1. The third kappa shape index (κ3) is 4.64. The van der Waals surface area contributed by atoms with Crippen LogP contribution in [0.1, 0.15) is 27.2 Å². The van der Waals surface area contributed by atoms with E-state index >= 15 is 0 Å². The zero-order chi connectivity index (χ0) is 21.7. The number of hydrogen-bond donors (Lipinski definition) is 4. The number of rotatable bonds is 7. The van der Waals surface area contributed by atoms with Gasteiger partial charge in [0, 0.05) is 11.8 Å². The first-order chi connectivity index (χ1) is 14.4. The van der Waals surface area contributed by atoms with Crippen molar-refractivity contribution >= 4 is 23.4 Å². The van der Waals surface area contributed by atoms with Gasteiger partial charge >= 0.3 is 0 Å². The smallest absolute Gasteiger partial charge is 0.280 e. The molecule has 1 heterocycles. The molecule has 154 valence electrons. The third-order valence-corrected chi connectivity index (χ3v) is 4.22. The number of hydrogen-bond acceptors (Lipinski definition) is 6. The molecule has 0 aliphatic carbocycles. The Bertz CT molecular complexity index is 1160. The first-order valence-electron chi connectivity index (χ1n) is 8.83. The lowest BCUT2D eigenvalue weighted by molar-refractivity contribution is 0.0944. The van der Waals surface area contributed by atoms with E-state index < -0.39 is 11.5 Å². The van der Waals surface area contributed by atoms with Crippen LogP contribution >= 0.6 is 0 Å². The standard InChI is InChI=1S/C21H19FN4O4/c1-29-20-15(21(28)25-11-14-10-18(27)26-30-14)7-9-17(24)19(20)16(23)8-4-12-2-5-13(22)6-3-12/h2-10,23H,11,24H2,1H3,(H,25,28)(H,26,27)/b8-4+,23-16?. The van der Waals surface area contributed by atoms with Crippen LogP contribution in [0.2, 0.25) is 0 Å². The van der Waals surface area contributed by atoms with E-state index in [0.717, 1.165) is 0 Å². The Labute approximate surface area is 170 Å². The van der Waals surface area contributed by atoms with E-state index in [4.69, 9.17) is 20.4 Å². The highest BCUT2D eigenvalue weighted by atomic mass is 19.1. The number of carbonyl (C=O) groups is 1. The maximum Gasteiger partial charge on any atom is 0.280 e. The van der Waals surface area contributed by atoms with Gasteiger partial charge in [-0.1, -0.05) is 18.2 Å². The number of nitrogen functional groups attached to an aromatic ring is 1. The van der Waals surface area contributed by atoms with Crippen LogP contribution in [0.5, 0.6) is 5.75 Å². The van der Waals surface area contributed by atoms with Crippen molar-refractivity contribution < 1.29 is 18.4 Å². The molecule has 0 spiro atoms. The van der Waals surface area contributed by atoms with Crippen LogP contribution in [0.15, 0.2) is 57.9 Å². The molecule has 0 bridgehead atoms. The first-order valence-corrected chi connectivity index (χ1v) is 8.83. The molecule has 9 heteroatoms. The fraction of sp³-hybridized carbons (Fsp3) is 0.0952. The van der Waals surface area contributed by atoms with Crippen LogP contribution < -0.4 is 21.3 Å². The summed E-state index contributed by atoms with van der Waals surface area (Å²) in [5.41, 5.74) is 7.00. The molecular weight excluding hydrogens is 391 g/mol. The van der Waals surface area contributed by atoms with Gasteiger partial charge in [0.15, 0.2) is 5.76 Å². The second-order valence-electron chi connectivity index (χ2n) is 6.27. The van der Waals surface area contributed by atoms with Gasteiger partial charge in [-0.2, -0.15) is 5.16 Å². The number of ether oxygens (including phenoxy) is 1. The third-order valence-electron chi connectivity index (χ3n) is 4.22. The second kappa shape index (κ2) is 8.91. The molecule has 8 nitrogen and oxygen atoms in total. The second-order valence-corrected chi connectivity index (χ2v) is 6.27. The number of H-pyrrole nitrogens is 1. The largest absolute Gasteiger partial charge is 0.495 e. The van der Waals surface area contributed by atoms with Crippen LogP contribution in [-0.4, -0.2) is 23.9 Å². The molecule has 0 aliphatic heterocycles. The van der Waals surface area contributed by atoms with E-state index in [1.165, 1.54) is 43.5 Å². The Morgan fingerprint density at radius 2 is 2.03 bits per heavy atom. The summed E-state index contributed by atoms with van der Waals surface area (Å²) >= 11 is 0. The van der Waals surface area contributed by atoms with Gasteiger partial charge in [0.25, 0.3) is 11.5 Å². The number of carbonyl (C=O) groups excluding carboxylic acids is 1. The van der Waals surface area contributed by atoms with Crippen LogP contribution in [-0.2, 0) is 6.54 Å². The molecule has 30 heavy (non-hydrogen) atoms. The lowest BCUT2D eigenvalue weighted by atomic mass is 10.0. The van der Waals surface area contributed by atoms with Gasteiger partial charge in [0.2, 0.25) is 0 Å². The van der Waals surface area contributed by atoms with Crippen LogP contribution in [0.25, 0.3) is 6.08 Å². The summed E-state index contributed by atoms with van der Waals surface area (Å²) in [5.74, 6) is -0.451. The van der Waals surface area contributed by atoms with Crippen molar-refractivity contribution in [3.05, 3.63) is 87.2 Å². The van der Waals surface area contributed by atoms with Gasteiger partial charge in [-0.25, -0.2) is 4.39 Å². The molecule has 0 unspecified atom stereocenters. The Balaban J connectivity index is 1.85. The number of aromatic amines is 1. The molecule has 3 aromatic rings. The van der Waals surface area contributed by atoms with Gasteiger partial charge in [0.05, 0.1) is 30.5 Å². The quantitative estimate of drug-likeness (QED) is 0.351. The summed E-state index contributed by atoms with van der Waals surface area (Å²) in [4.78, 5) is 23.7. The minimum Gasteiger partial charge on any atom is -0.495 e. The van der Waals surface area contributed by atoms with E-state index in [0.29, 0.717) is 5.56 Å². The van der Waals surface area contributed by atoms with E-state index in [1.807, 2.05) is 0 Å². The molecule has 0 saturated carbocycles. The van der Waals surface area contributed by atoms with Crippen molar-refractivity contribution in [1.29, 1.82) is 5.41 Å². The lowest BCUT2D eigenvalue weighted by Crippen LogP contribution is -2.24. The first kappa shape index (κ1) is 20.6. The number of methoxy groups -OCH3 is 1. The average molecular weight is 410 g/mol. The van der Waals surface area contributed by atoms with E-state index in [2.05, 4.69) is 10.5 Å². The summed E-state index contributed by atoms with van der Waals surface area (Å²) in [5, 5.41) is 13.1. The number of aromatic nitrogens is 1. The number of nitrogens with two attached hydrogens (primary N) is 1. The van der Waals surface area contributed by atoms with Crippen molar-refractivity contribution in [2.24, 2.45) is 0 Å². The molecule has 0 atom stereocenters. The molecule has 0 radical (unpaired) electrons. The fourth-order valence-corrected chi connectivity index (χ4v) is 2.77. The zero-order valence-electron chi connectivity index (χ0n) is 16.0. The van der Waals surface area contributed by atoms with Gasteiger partial charge in [-0.05, 0) is 35.9 Å². The maximum atomic E-state index is 13.0. The summed E-state index contributed by atoms with van der Waals surface area (Å²) in [6.07, 6.45) is 3.11. The number of halogens is 1. The fourth-order valence-electron chi connectivity index (χ4n) is 2.77. The monoisotopic (exact) mass is 410 g/mol. The number of amides is 1. The average Bonchev–Trinajstić information content (AvgIpc) is 3.16. The van der Waals surface area contributed by atoms with Crippen molar-refractivity contribution in [3.63, 3.8) is 0 Å². The Hall–Kier alpha value is -4.14. The predicted octanol–water partition coefficient (Wildman–Crippen LogP) is 2.71. The molecule has 0 saturated heterocycles. The summed E-state index contributed by atoms with van der Waals surface area (Å²) < 4.78 is 23.3. The van der Waals surface area contributed by atoms with Gasteiger partial charge in [0.1, 0.15) is 11.6 Å². The predicted molar refractivity (Wildman–Crippen MR) is 110 cm³/mol. The highest BCUT2D eigenvalue weighted by Gasteiger charge is 2.20. The molecule has 3 rings (SSSR count). The summed E-state index contributed by atoms with van der Waals surface area (Å²) in [7, 11) is 1.37. The normalized spacial score (nSPS) is 10.9. The number of benzene rings is 2. The highest BCUT2D eigenvalue weighted by molar-refractivity contribution is 6.15. The molecule has 2 aromatic carbocycles. The number of anilines is 1. The highest BCUT2D eigenvalue weighted by Crippen LogP contribution is 2.30. The van der Waals surface area contributed by atoms with Gasteiger partial charge < -0.3 is 25.7 Å². The SMILES string of the molecule is COc1c(C(=O)NCc2cc(=O)[nH]o2)ccc(N)c1C(=N)/C=C/c1ccc(F)cc1. The Morgan fingerprint density at radius 1 is 1.30 bits per heavy atom. The summed E-state index contributed by atoms with van der Waals surface area (Å²) in [6, 6.07) is 9.99. The van der Waals surface area contributed by atoms with Crippen molar-refractivity contribution in [1.82, 2.24) is 10.5 Å². The molecule has 1 amide bonds. The van der Waals surface area contributed by atoms with Crippen molar-refractivity contribution in [3.8, 4) is 5.75 Å². The minimum atomic E-state index is -0.493. The summed E-state index contributed by atoms with van der Waals surface area (Å²) in [6.45, 7) is -0.0116. The van der Waals surface area contributed by atoms with E-state index in [-0.39, 0.29) is 46.4 Å². The Morgan fingerprint density at radius 3 is 2.67 bits per heavy atom. The zero-order valence-corrected chi connectivity index (χ0v) is 16.0. The Kier molecular flexibility index (Phi) is 6.11. The molecule has 0 fully saturated rings. The van der Waals surface area contributed by atoms with Crippen molar-refractivity contribution in [2.75, 3.05) is 12.8 Å². The molecule has 0 aliphatic rings. The lowest BCUT2D eigenvalue weighted by Gasteiger charge is -2.15. The van der Waals surface area contributed by atoms with Gasteiger partial charge in [-0.15, -0.1) is 0 Å². The molecular formula is C21H19FN4O4. The minimum absolute atomic E-state index is 0.0116.